The van der Waals surface area contributed by atoms with Gasteiger partial charge >= 0.3 is 0 Å². The zero-order valence-corrected chi connectivity index (χ0v) is 6.19. The molecule has 0 N–H and O–H groups in total. The summed E-state index contributed by atoms with van der Waals surface area (Å²) >= 11 is 0. The van der Waals surface area contributed by atoms with Crippen molar-refractivity contribution in [2.24, 2.45) is 7.05 Å². The molecule has 0 unspecified atom stereocenters. The molecule has 0 fully saturated rings. The third kappa shape index (κ3) is 0.774. The third-order valence-electron chi connectivity index (χ3n) is 1.81. The Labute approximate surface area is 64.1 Å². The summed E-state index contributed by atoms with van der Waals surface area (Å²) in [6.07, 6.45) is 3.38. The van der Waals surface area contributed by atoms with Gasteiger partial charge in [0.25, 0.3) is 0 Å². The minimum atomic E-state index is 0.718. The summed E-state index contributed by atoms with van der Waals surface area (Å²) in [5.74, 6) is 0. The van der Waals surface area contributed by atoms with Crippen LogP contribution in [0.15, 0.2) is 30.6 Å². The molecule has 2 aromatic rings. The molecule has 0 aromatic carbocycles. The second-order valence-corrected chi connectivity index (χ2v) is 2.53. The van der Waals surface area contributed by atoms with Crippen LogP contribution in [-0.4, -0.2) is 4.57 Å². The average Bonchev–Trinajstić information content (AvgIpc) is 2.35. The Kier molecular flexibility index (Phi) is 1.12. The second-order valence-electron chi connectivity index (χ2n) is 2.53. The van der Waals surface area contributed by atoms with Crippen LogP contribution < -0.4 is 4.73 Å². The Morgan fingerprint density at radius 3 is 3.00 bits per heavy atom. The van der Waals surface area contributed by atoms with Crippen molar-refractivity contribution >= 4 is 11.0 Å². The van der Waals surface area contributed by atoms with Gasteiger partial charge in [0.2, 0.25) is 5.52 Å². The van der Waals surface area contributed by atoms with Crippen LogP contribution in [0.25, 0.3) is 11.0 Å². The van der Waals surface area contributed by atoms with Crippen LogP contribution in [0.2, 0.25) is 0 Å². The molecule has 0 bridgehead atoms. The fraction of sp³-hybridized carbons (Fsp3) is 0.125. The van der Waals surface area contributed by atoms with Crippen molar-refractivity contribution in [1.82, 2.24) is 4.57 Å². The van der Waals surface area contributed by atoms with E-state index in [1.165, 1.54) is 6.20 Å². The summed E-state index contributed by atoms with van der Waals surface area (Å²) in [7, 11) is 1.92. The van der Waals surface area contributed by atoms with E-state index in [1.807, 2.05) is 29.9 Å². The lowest BCUT2D eigenvalue weighted by atomic mass is 10.4. The lowest BCUT2D eigenvalue weighted by Crippen LogP contribution is -2.25. The first-order valence-electron chi connectivity index (χ1n) is 3.42. The molecule has 2 heterocycles. The lowest BCUT2D eigenvalue weighted by molar-refractivity contribution is -0.576. The fourth-order valence-electron chi connectivity index (χ4n) is 1.21. The molecule has 0 amide bonds. The zero-order chi connectivity index (χ0) is 7.84. The summed E-state index contributed by atoms with van der Waals surface area (Å²) in [6, 6.07) is 5.47. The Hall–Kier alpha value is -1.51. The molecular formula is C8H8N2O. The van der Waals surface area contributed by atoms with Gasteiger partial charge in [0.1, 0.15) is 5.52 Å². The monoisotopic (exact) mass is 148 g/mol. The number of rotatable bonds is 0. The van der Waals surface area contributed by atoms with Crippen molar-refractivity contribution in [2.75, 3.05) is 0 Å². The van der Waals surface area contributed by atoms with E-state index < -0.39 is 0 Å². The molecule has 3 heteroatoms. The first kappa shape index (κ1) is 6.22. The molecule has 2 aromatic heterocycles. The summed E-state index contributed by atoms with van der Waals surface area (Å²) < 4.78 is 2.79. The molecule has 0 aliphatic heterocycles. The summed E-state index contributed by atoms with van der Waals surface area (Å²) in [5, 5.41) is 11.1. The maximum atomic E-state index is 11.1. The van der Waals surface area contributed by atoms with Crippen LogP contribution in [-0.2, 0) is 7.05 Å². The molecule has 56 valence electrons. The Morgan fingerprint density at radius 1 is 1.45 bits per heavy atom. The van der Waals surface area contributed by atoms with Crippen molar-refractivity contribution in [1.29, 1.82) is 0 Å². The maximum absolute atomic E-state index is 11.1. The molecule has 0 spiro atoms. The summed E-state index contributed by atoms with van der Waals surface area (Å²) in [4.78, 5) is 0. The standard InChI is InChI=1S/C8H8N2O/c1-9-6-4-8-7(9)3-2-5-10(8)11/h2-6H,1H3. The molecule has 3 nitrogen and oxygen atoms in total. The second kappa shape index (κ2) is 1.99. The van der Waals surface area contributed by atoms with Crippen molar-refractivity contribution in [3.05, 3.63) is 35.8 Å². The van der Waals surface area contributed by atoms with Crippen molar-refractivity contribution in [2.45, 2.75) is 0 Å². The highest BCUT2D eigenvalue weighted by atomic mass is 16.5. The van der Waals surface area contributed by atoms with Crippen LogP contribution in [0, 0.1) is 5.21 Å². The molecular weight excluding hydrogens is 140 g/mol. The van der Waals surface area contributed by atoms with Gasteiger partial charge in [-0.05, 0) is 6.07 Å². The summed E-state index contributed by atoms with van der Waals surface area (Å²) in [6.45, 7) is 0. The summed E-state index contributed by atoms with van der Waals surface area (Å²) in [5.41, 5.74) is 1.68. The highest BCUT2D eigenvalue weighted by molar-refractivity contribution is 5.71. The van der Waals surface area contributed by atoms with Gasteiger partial charge in [0.05, 0.1) is 0 Å². The Balaban J connectivity index is 2.94. The first-order chi connectivity index (χ1) is 5.29. The highest BCUT2D eigenvalue weighted by Crippen LogP contribution is 2.07. The minimum absolute atomic E-state index is 0.718. The predicted molar refractivity (Wildman–Crippen MR) is 41.9 cm³/mol. The maximum Gasteiger partial charge on any atom is 0.241 e. The number of hydrogen-bond donors (Lipinski definition) is 0. The molecule has 0 aliphatic carbocycles. The van der Waals surface area contributed by atoms with Crippen LogP contribution in [0.4, 0.5) is 0 Å². The number of aromatic nitrogens is 2. The van der Waals surface area contributed by atoms with E-state index in [4.69, 9.17) is 0 Å². The van der Waals surface area contributed by atoms with E-state index in [0.29, 0.717) is 0 Å². The van der Waals surface area contributed by atoms with Gasteiger partial charge in [-0.3, -0.25) is 0 Å². The van der Waals surface area contributed by atoms with Crippen molar-refractivity contribution in [3.8, 4) is 0 Å². The quantitative estimate of drug-likeness (QED) is 0.402. The zero-order valence-electron chi connectivity index (χ0n) is 6.19. The van der Waals surface area contributed by atoms with E-state index in [9.17, 15) is 5.21 Å². The number of aryl methyl sites for hydroxylation is 1. The third-order valence-corrected chi connectivity index (χ3v) is 1.81. The molecule has 0 atom stereocenters. The molecule has 0 radical (unpaired) electrons. The van der Waals surface area contributed by atoms with Crippen LogP contribution in [0.5, 0.6) is 0 Å². The van der Waals surface area contributed by atoms with Gasteiger partial charge < -0.3 is 9.77 Å². The SMILES string of the molecule is Cn1ccc2c1ccc[n+]2[O-]. The average molecular weight is 148 g/mol. The van der Waals surface area contributed by atoms with Gasteiger partial charge in [0, 0.05) is 25.4 Å². The van der Waals surface area contributed by atoms with Crippen LogP contribution in [0.1, 0.15) is 0 Å². The number of hydrogen-bond acceptors (Lipinski definition) is 1. The smallest absolute Gasteiger partial charge is 0.241 e. The van der Waals surface area contributed by atoms with E-state index >= 15 is 0 Å². The molecule has 0 saturated carbocycles. The lowest BCUT2D eigenvalue weighted by Gasteiger charge is -1.96. The van der Waals surface area contributed by atoms with E-state index in [2.05, 4.69) is 0 Å². The van der Waals surface area contributed by atoms with Crippen molar-refractivity contribution < 1.29 is 4.73 Å². The van der Waals surface area contributed by atoms with E-state index in [1.54, 1.807) is 6.07 Å². The van der Waals surface area contributed by atoms with E-state index in [0.717, 1.165) is 15.8 Å². The largest absolute Gasteiger partial charge is 0.618 e. The van der Waals surface area contributed by atoms with Gasteiger partial charge in [-0.2, -0.15) is 4.73 Å². The number of nitrogens with zero attached hydrogens (tertiary/aromatic N) is 2. The molecule has 11 heavy (non-hydrogen) atoms. The Bertz CT molecular complexity index is 392. The van der Waals surface area contributed by atoms with Crippen LogP contribution >= 0.6 is 0 Å². The van der Waals surface area contributed by atoms with Gasteiger partial charge in [-0.1, -0.05) is 0 Å². The predicted octanol–water partition coefficient (Wildman–Crippen LogP) is 0.812. The highest BCUT2D eigenvalue weighted by Gasteiger charge is 2.03. The van der Waals surface area contributed by atoms with Gasteiger partial charge in [-0.25, -0.2) is 0 Å². The van der Waals surface area contributed by atoms with Gasteiger partial charge in [-0.15, -0.1) is 0 Å². The van der Waals surface area contributed by atoms with Crippen LogP contribution in [0.3, 0.4) is 0 Å². The molecule has 2 rings (SSSR count). The molecule has 0 aliphatic rings. The fourth-order valence-corrected chi connectivity index (χ4v) is 1.21. The topological polar surface area (TPSA) is 31.9 Å². The van der Waals surface area contributed by atoms with E-state index in [-0.39, 0.29) is 0 Å². The minimum Gasteiger partial charge on any atom is -0.618 e. The number of pyridine rings is 1. The number of fused-ring (bicyclic) bond motifs is 1. The molecule has 0 saturated heterocycles. The van der Waals surface area contributed by atoms with Crippen molar-refractivity contribution in [3.63, 3.8) is 0 Å². The Morgan fingerprint density at radius 2 is 2.27 bits per heavy atom. The normalized spacial score (nSPS) is 10.6. The first-order valence-corrected chi connectivity index (χ1v) is 3.42. The van der Waals surface area contributed by atoms with Gasteiger partial charge in [0.15, 0.2) is 6.20 Å².